The van der Waals surface area contributed by atoms with Crippen LogP contribution in [0.25, 0.3) is 10.9 Å². The van der Waals surface area contributed by atoms with Gasteiger partial charge < -0.3 is 20.6 Å². The van der Waals surface area contributed by atoms with Crippen LogP contribution in [0.5, 0.6) is 5.88 Å². The van der Waals surface area contributed by atoms with E-state index in [0.29, 0.717) is 27.3 Å². The number of carbonyl (C=O) groups excluding carboxylic acids is 3. The number of aromatic nitrogens is 1. The molecule has 0 aliphatic heterocycles. The predicted molar refractivity (Wildman–Crippen MR) is 139 cm³/mol. The minimum Gasteiger partial charge on any atom is -0.492 e. The zero-order valence-corrected chi connectivity index (χ0v) is 20.6. The van der Waals surface area contributed by atoms with Crippen molar-refractivity contribution < 1.29 is 24.3 Å². The van der Waals surface area contributed by atoms with Crippen LogP contribution in [0.1, 0.15) is 36.7 Å². The Balaban J connectivity index is 1.75. The largest absolute Gasteiger partial charge is 0.492 e. The van der Waals surface area contributed by atoms with Crippen molar-refractivity contribution in [3.63, 3.8) is 0 Å². The summed E-state index contributed by atoms with van der Waals surface area (Å²) in [5, 5.41) is 17.1. The number of aromatic hydroxyl groups is 1. The maximum atomic E-state index is 13.3. The highest BCUT2D eigenvalue weighted by Crippen LogP contribution is 2.35. The Bertz CT molecular complexity index is 1470. The second-order valence-corrected chi connectivity index (χ2v) is 9.51. The van der Waals surface area contributed by atoms with Crippen molar-refractivity contribution in [1.29, 1.82) is 0 Å². The van der Waals surface area contributed by atoms with E-state index in [9.17, 15) is 19.5 Å². The van der Waals surface area contributed by atoms with Gasteiger partial charge in [-0.05, 0) is 51.1 Å². The standard InChI is InChI=1S/C27H24ClN3O5/c1-27(2,3)25(34)36-31-21-15-17(29-26(35)30-20-12-8-7-11-19(20)28)13-14-18(21)22(24(31)33)23(32)16-9-5-4-6-10-16/h4-15,33H,1-3H3,(H2,29,30,35). The molecule has 0 fully saturated rings. The van der Waals surface area contributed by atoms with Gasteiger partial charge in [-0.2, -0.15) is 0 Å². The summed E-state index contributed by atoms with van der Waals surface area (Å²) >= 11 is 6.10. The molecule has 4 rings (SSSR count). The SMILES string of the molecule is CC(C)(C)C(=O)On1c(O)c(C(=O)c2ccccc2)c2ccc(NC(=O)Nc3ccccc3Cl)cc21. The van der Waals surface area contributed by atoms with Gasteiger partial charge in [0.2, 0.25) is 5.88 Å². The summed E-state index contributed by atoms with van der Waals surface area (Å²) in [5.74, 6) is -1.59. The van der Waals surface area contributed by atoms with Gasteiger partial charge >= 0.3 is 12.0 Å². The van der Waals surface area contributed by atoms with Gasteiger partial charge in [-0.25, -0.2) is 9.59 Å². The van der Waals surface area contributed by atoms with Crippen molar-refractivity contribution in [2.45, 2.75) is 20.8 Å². The van der Waals surface area contributed by atoms with E-state index >= 15 is 0 Å². The molecule has 1 heterocycles. The van der Waals surface area contributed by atoms with Crippen LogP contribution in [0.4, 0.5) is 16.2 Å². The number of carbonyl (C=O) groups is 3. The summed E-state index contributed by atoms with van der Waals surface area (Å²) in [6.45, 7) is 5.00. The summed E-state index contributed by atoms with van der Waals surface area (Å²) in [5.41, 5.74) is 0.433. The highest BCUT2D eigenvalue weighted by Gasteiger charge is 2.30. The normalized spacial score (nSPS) is 11.2. The molecular weight excluding hydrogens is 482 g/mol. The van der Waals surface area contributed by atoms with Gasteiger partial charge in [-0.15, -0.1) is 4.73 Å². The van der Waals surface area contributed by atoms with Crippen LogP contribution in [0.3, 0.4) is 0 Å². The molecule has 1 aromatic heterocycles. The van der Waals surface area contributed by atoms with Crippen LogP contribution in [0.2, 0.25) is 5.02 Å². The van der Waals surface area contributed by atoms with Gasteiger partial charge in [0, 0.05) is 16.6 Å². The number of hydrogen-bond acceptors (Lipinski definition) is 5. The fourth-order valence-corrected chi connectivity index (χ4v) is 3.63. The van der Waals surface area contributed by atoms with E-state index < -0.39 is 29.1 Å². The average molecular weight is 506 g/mol. The number of urea groups is 1. The van der Waals surface area contributed by atoms with Crippen LogP contribution < -0.4 is 15.5 Å². The number of rotatable bonds is 5. The Morgan fingerprint density at radius 1 is 0.917 bits per heavy atom. The minimum atomic E-state index is -0.878. The van der Waals surface area contributed by atoms with Crippen molar-refractivity contribution in [3.05, 3.63) is 88.9 Å². The van der Waals surface area contributed by atoms with Gasteiger partial charge in [0.25, 0.3) is 0 Å². The quantitative estimate of drug-likeness (QED) is 0.293. The first-order valence-electron chi connectivity index (χ1n) is 11.1. The number of hydrogen-bond donors (Lipinski definition) is 3. The second kappa shape index (κ2) is 9.75. The number of amides is 2. The molecule has 0 aliphatic rings. The van der Waals surface area contributed by atoms with E-state index in [1.165, 1.54) is 6.07 Å². The molecule has 2 amide bonds. The first-order valence-corrected chi connectivity index (χ1v) is 11.5. The molecule has 184 valence electrons. The van der Waals surface area contributed by atoms with E-state index in [0.717, 1.165) is 4.73 Å². The third kappa shape index (κ3) is 5.04. The van der Waals surface area contributed by atoms with Gasteiger partial charge in [0.1, 0.15) is 0 Å². The smallest absolute Gasteiger partial charge is 0.338 e. The highest BCUT2D eigenvalue weighted by atomic mass is 35.5. The lowest BCUT2D eigenvalue weighted by atomic mass is 9.98. The molecule has 36 heavy (non-hydrogen) atoms. The predicted octanol–water partition coefficient (Wildman–Crippen LogP) is 5.88. The fraction of sp³-hybridized carbons (Fsp3) is 0.148. The van der Waals surface area contributed by atoms with Gasteiger partial charge in [-0.1, -0.05) is 54.1 Å². The number of nitrogens with zero attached hydrogens (tertiary/aromatic N) is 1. The highest BCUT2D eigenvalue weighted by molar-refractivity contribution is 6.33. The number of ketones is 1. The van der Waals surface area contributed by atoms with Gasteiger partial charge in [-0.3, -0.25) is 4.79 Å². The summed E-state index contributed by atoms with van der Waals surface area (Å²) in [4.78, 5) is 44.0. The number of halogens is 1. The van der Waals surface area contributed by atoms with Crippen LogP contribution in [-0.4, -0.2) is 27.6 Å². The first-order chi connectivity index (χ1) is 17.1. The Morgan fingerprint density at radius 2 is 1.58 bits per heavy atom. The molecule has 0 unspecified atom stereocenters. The van der Waals surface area contributed by atoms with E-state index in [1.54, 1.807) is 87.5 Å². The molecule has 0 spiro atoms. The lowest BCUT2D eigenvalue weighted by Crippen LogP contribution is -2.31. The average Bonchev–Trinajstić information content (AvgIpc) is 3.10. The van der Waals surface area contributed by atoms with Gasteiger partial charge in [0.15, 0.2) is 5.78 Å². The lowest BCUT2D eigenvalue weighted by molar-refractivity contribution is -0.153. The molecule has 8 nitrogen and oxygen atoms in total. The minimum absolute atomic E-state index is 0.0232. The molecule has 0 aliphatic carbocycles. The summed E-state index contributed by atoms with van der Waals surface area (Å²) in [6, 6.07) is 19.3. The molecule has 9 heteroatoms. The molecule has 4 aromatic rings. The fourth-order valence-electron chi connectivity index (χ4n) is 3.44. The molecule has 3 N–H and O–H groups in total. The summed E-state index contributed by atoms with van der Waals surface area (Å²) < 4.78 is 0.913. The van der Waals surface area contributed by atoms with Crippen molar-refractivity contribution >= 4 is 51.7 Å². The van der Waals surface area contributed by atoms with Gasteiger partial charge in [0.05, 0.1) is 27.2 Å². The Morgan fingerprint density at radius 3 is 2.25 bits per heavy atom. The van der Waals surface area contributed by atoms with E-state index in [4.69, 9.17) is 16.4 Å². The summed E-state index contributed by atoms with van der Waals surface area (Å²) in [6.07, 6.45) is 0. The Kier molecular flexibility index (Phi) is 6.72. The zero-order valence-electron chi connectivity index (χ0n) is 19.8. The number of anilines is 2. The topological polar surface area (TPSA) is 110 Å². The Hall–Kier alpha value is -4.30. The van der Waals surface area contributed by atoms with Crippen molar-refractivity contribution in [3.8, 4) is 5.88 Å². The van der Waals surface area contributed by atoms with E-state index in [2.05, 4.69) is 10.6 Å². The number of para-hydroxylation sites is 1. The van der Waals surface area contributed by atoms with Crippen LogP contribution in [0.15, 0.2) is 72.8 Å². The molecule has 0 saturated carbocycles. The van der Waals surface area contributed by atoms with Crippen molar-refractivity contribution in [1.82, 2.24) is 4.73 Å². The van der Waals surface area contributed by atoms with E-state index in [1.807, 2.05) is 0 Å². The molecule has 3 aromatic carbocycles. The molecular formula is C27H24ClN3O5. The van der Waals surface area contributed by atoms with Crippen molar-refractivity contribution in [2.24, 2.45) is 5.41 Å². The summed E-state index contributed by atoms with van der Waals surface area (Å²) in [7, 11) is 0. The molecule has 0 radical (unpaired) electrons. The monoisotopic (exact) mass is 505 g/mol. The lowest BCUT2D eigenvalue weighted by Gasteiger charge is -2.17. The molecule has 0 atom stereocenters. The van der Waals surface area contributed by atoms with Crippen LogP contribution in [0, 0.1) is 5.41 Å². The molecule has 0 saturated heterocycles. The zero-order chi connectivity index (χ0) is 26.0. The second-order valence-electron chi connectivity index (χ2n) is 9.11. The number of fused-ring (bicyclic) bond motifs is 1. The third-order valence-corrected chi connectivity index (χ3v) is 5.66. The molecule has 0 bridgehead atoms. The third-order valence-electron chi connectivity index (χ3n) is 5.33. The maximum absolute atomic E-state index is 13.3. The van der Waals surface area contributed by atoms with Crippen molar-refractivity contribution in [2.75, 3.05) is 10.6 Å². The van der Waals surface area contributed by atoms with E-state index in [-0.39, 0.29) is 11.1 Å². The van der Waals surface area contributed by atoms with Crippen LogP contribution in [-0.2, 0) is 4.79 Å². The number of nitrogens with one attached hydrogen (secondary N) is 2. The van der Waals surface area contributed by atoms with Crippen LogP contribution >= 0.6 is 11.6 Å². The Labute approximate surface area is 212 Å². The number of benzene rings is 3. The maximum Gasteiger partial charge on any atom is 0.338 e. The first kappa shape index (κ1) is 24.8.